The van der Waals surface area contributed by atoms with E-state index in [2.05, 4.69) is 0 Å². The SMILES string of the molecule is CCC(C)(C)C(=O)OC1C(=O)OC2C(O)C(O)OC12.CCC(C)(C)C(=O)OC1C(=O)OC2C1CC1OC(C)(C)OC12.CCC(C)(C)C(=O)OC1C(=O)OC2C3OC(C)(C)OC3OC12.CCC(C)(C)C(=O)OC1C(=O)OC2C3OC4(CCCCC4)OC3OC12.CCC(C)(C)C(=O)OC1C(=O)OC2CCCC21. The van der Waals surface area contributed by atoms with E-state index in [1.165, 1.54) is 6.42 Å². The molecule has 11 aliphatic heterocycles. The van der Waals surface area contributed by atoms with Crippen molar-refractivity contribution in [2.24, 2.45) is 38.9 Å². The van der Waals surface area contributed by atoms with Crippen LogP contribution in [-0.2, 0) is 138 Å². The van der Waals surface area contributed by atoms with Gasteiger partial charge in [0.25, 0.3) is 0 Å². The number of esters is 10. The van der Waals surface area contributed by atoms with Gasteiger partial charge >= 0.3 is 59.7 Å². The fourth-order valence-corrected chi connectivity index (χ4v) is 14.4. The number of fused-ring (bicyclic) bond motifs is 11. The van der Waals surface area contributed by atoms with E-state index < -0.39 is 191 Å². The average Bonchev–Trinajstić information content (AvgIpc) is 1.59. The molecule has 14 rings (SSSR count). The first-order chi connectivity index (χ1) is 48.9. The zero-order valence-corrected chi connectivity index (χ0v) is 63.9. The van der Waals surface area contributed by atoms with Gasteiger partial charge in [-0.3, -0.25) is 24.0 Å². The number of aliphatic hydroxyl groups is 2. The summed E-state index contributed by atoms with van der Waals surface area (Å²) in [6, 6.07) is 0. The molecule has 23 atom stereocenters. The molecule has 0 aromatic carbocycles. The van der Waals surface area contributed by atoms with Crippen LogP contribution < -0.4 is 0 Å². The molecule has 23 unspecified atom stereocenters. The molecular weight excluding hydrogens is 1380 g/mol. The number of carbonyl (C=O) groups is 10. The molecule has 14 aliphatic rings. The standard InChI is InChI=1S/C18H26O7.C16H24O6.C15H22O7.C13H20O4.C12H18O7/c1-4-17(2,3)16(20)23-12-10-11(21-14(12)19)13-15(22-10)25-18(24-13)8-6-5-7-9-18;1-6-15(2,3)14(18)20-11-8-7-9-12(10(8)19-13(11)17)22-16(4,5)21-9;1-6-14(2,3)13(17)20-9-7-8(18-11(9)16)10-12(19-7)22-15(4,5)21-10;1-4-13(2,3)12(15)17-10-8-6-5-7-9(8)16-11(10)14;1-4-12(2,3)11(16)19-8-7-6(17-10(8)15)5(13)9(14)18-7/h10-13,15H,4-9H2,1-3H3;8-12H,6-7H2,1-5H3;7-10,12H,6H2,1-5H3;8-10H,4-7H2,1-3H3;5-9,13-14H,4H2,1-3H3. The minimum atomic E-state index is -1.44. The van der Waals surface area contributed by atoms with Crippen LogP contribution >= 0.6 is 0 Å². The normalized spacial score (nSPS) is 37.9. The minimum absolute atomic E-state index is 0.0231. The van der Waals surface area contributed by atoms with Gasteiger partial charge in [-0.05, 0) is 168 Å². The Morgan fingerprint density at radius 2 is 0.733 bits per heavy atom. The monoisotopic (exact) mass is 1490 g/mol. The molecule has 2 N–H and O–H groups in total. The van der Waals surface area contributed by atoms with Gasteiger partial charge in [-0.15, -0.1) is 0 Å². The molecular formula is C74H110O31. The predicted octanol–water partition coefficient (Wildman–Crippen LogP) is 6.39. The molecule has 31 heteroatoms. The van der Waals surface area contributed by atoms with Crippen LogP contribution in [0.25, 0.3) is 0 Å². The van der Waals surface area contributed by atoms with Gasteiger partial charge in [-0.1, -0.05) is 41.0 Å². The van der Waals surface area contributed by atoms with E-state index in [9.17, 15) is 58.2 Å². The smallest absolute Gasteiger partial charge is 0.350 e. The first-order valence-electron chi connectivity index (χ1n) is 37.3. The van der Waals surface area contributed by atoms with Crippen LogP contribution in [0.3, 0.4) is 0 Å². The highest BCUT2D eigenvalue weighted by molar-refractivity contribution is 5.87. The quantitative estimate of drug-likeness (QED) is 0.132. The van der Waals surface area contributed by atoms with E-state index in [-0.39, 0.29) is 54.2 Å². The second-order valence-electron chi connectivity index (χ2n) is 33.7. The van der Waals surface area contributed by atoms with Gasteiger partial charge in [0.15, 0.2) is 66.8 Å². The molecule has 11 heterocycles. The summed E-state index contributed by atoms with van der Waals surface area (Å²) in [5.74, 6) is -6.99. The van der Waals surface area contributed by atoms with E-state index in [1.807, 2.05) is 76.2 Å². The van der Waals surface area contributed by atoms with Gasteiger partial charge in [0.2, 0.25) is 30.5 Å². The van der Waals surface area contributed by atoms with Gasteiger partial charge in [0, 0.05) is 24.7 Å². The van der Waals surface area contributed by atoms with E-state index in [1.54, 1.807) is 55.4 Å². The van der Waals surface area contributed by atoms with E-state index in [4.69, 9.17) is 90.0 Å². The van der Waals surface area contributed by atoms with Gasteiger partial charge < -0.3 is 100 Å². The summed E-state index contributed by atoms with van der Waals surface area (Å²) >= 11 is 0. The predicted molar refractivity (Wildman–Crippen MR) is 354 cm³/mol. The first kappa shape index (κ1) is 81.8. The van der Waals surface area contributed by atoms with Crippen LogP contribution in [-0.4, -0.2) is 216 Å². The van der Waals surface area contributed by atoms with Crippen molar-refractivity contribution < 1.29 is 148 Å². The fourth-order valence-electron chi connectivity index (χ4n) is 14.4. The van der Waals surface area contributed by atoms with Crippen molar-refractivity contribution >= 4 is 59.7 Å². The maximum atomic E-state index is 12.3. The molecule has 14 fully saturated rings. The van der Waals surface area contributed by atoms with E-state index >= 15 is 0 Å². The van der Waals surface area contributed by atoms with Crippen molar-refractivity contribution in [2.45, 2.75) is 368 Å². The minimum Gasteiger partial charge on any atom is -0.459 e. The molecule has 31 nitrogen and oxygen atoms in total. The van der Waals surface area contributed by atoms with Crippen LogP contribution in [0, 0.1) is 38.9 Å². The Kier molecular flexibility index (Phi) is 23.8. The van der Waals surface area contributed by atoms with Crippen molar-refractivity contribution in [2.75, 3.05) is 0 Å². The lowest BCUT2D eigenvalue weighted by molar-refractivity contribution is -0.246. The van der Waals surface area contributed by atoms with E-state index in [0.29, 0.717) is 38.5 Å². The van der Waals surface area contributed by atoms with Crippen molar-refractivity contribution in [3.63, 3.8) is 0 Å². The highest BCUT2D eigenvalue weighted by Gasteiger charge is 2.68. The Morgan fingerprint density at radius 3 is 1.19 bits per heavy atom. The first-order valence-corrected chi connectivity index (χ1v) is 37.3. The van der Waals surface area contributed by atoms with Gasteiger partial charge in [0.1, 0.15) is 42.7 Å². The molecule has 3 aliphatic carbocycles. The second-order valence-corrected chi connectivity index (χ2v) is 33.7. The number of aliphatic hydroxyl groups excluding tert-OH is 2. The lowest BCUT2D eigenvalue weighted by Gasteiger charge is -2.33. The largest absolute Gasteiger partial charge is 0.459 e. The third-order valence-corrected chi connectivity index (χ3v) is 23.2. The fraction of sp³-hybridized carbons (Fsp3) is 0.865. The van der Waals surface area contributed by atoms with Crippen molar-refractivity contribution in [1.82, 2.24) is 0 Å². The van der Waals surface area contributed by atoms with Crippen molar-refractivity contribution in [1.29, 1.82) is 0 Å². The number of rotatable bonds is 15. The number of hydrogen-bond donors (Lipinski definition) is 2. The van der Waals surface area contributed by atoms with Crippen LogP contribution in [0.5, 0.6) is 0 Å². The molecule has 1 spiro atoms. The molecule has 11 saturated heterocycles. The van der Waals surface area contributed by atoms with Crippen LogP contribution in [0.15, 0.2) is 0 Å². The Morgan fingerprint density at radius 1 is 0.371 bits per heavy atom. The molecule has 3 saturated carbocycles. The van der Waals surface area contributed by atoms with Gasteiger partial charge in [-0.2, -0.15) is 0 Å². The molecule has 0 aromatic heterocycles. The van der Waals surface area contributed by atoms with E-state index in [0.717, 1.165) is 44.9 Å². The Bertz CT molecular complexity index is 3170. The third-order valence-electron chi connectivity index (χ3n) is 23.2. The van der Waals surface area contributed by atoms with Crippen LogP contribution in [0.2, 0.25) is 0 Å². The summed E-state index contributed by atoms with van der Waals surface area (Å²) in [5.41, 5.74) is -3.19. The molecule has 105 heavy (non-hydrogen) atoms. The molecule has 0 amide bonds. The third kappa shape index (κ3) is 16.7. The topological polar surface area (TPSA) is 387 Å². The second kappa shape index (κ2) is 30.6. The zero-order valence-electron chi connectivity index (χ0n) is 63.9. The van der Waals surface area contributed by atoms with Gasteiger partial charge in [-0.25, -0.2) is 24.0 Å². The van der Waals surface area contributed by atoms with Gasteiger partial charge in [0.05, 0.1) is 33.2 Å². The maximum Gasteiger partial charge on any atom is 0.350 e. The molecule has 0 aromatic rings. The Labute approximate surface area is 612 Å². The summed E-state index contributed by atoms with van der Waals surface area (Å²) in [5, 5.41) is 18.9. The van der Waals surface area contributed by atoms with Crippen LogP contribution in [0.1, 0.15) is 221 Å². The maximum absolute atomic E-state index is 12.3. The number of ether oxygens (including phenoxy) is 19. The molecule has 592 valence electrons. The summed E-state index contributed by atoms with van der Waals surface area (Å²) in [6.45, 7) is 34.5. The summed E-state index contributed by atoms with van der Waals surface area (Å²) in [6.07, 6.45) is -3.51. The lowest BCUT2D eigenvalue weighted by Crippen LogP contribution is -2.41. The van der Waals surface area contributed by atoms with Crippen molar-refractivity contribution in [3.8, 4) is 0 Å². The summed E-state index contributed by atoms with van der Waals surface area (Å²) < 4.78 is 105. The average molecular weight is 1500 g/mol. The Hall–Kier alpha value is -5.74. The molecule has 0 bridgehead atoms. The summed E-state index contributed by atoms with van der Waals surface area (Å²) in [7, 11) is 0. The highest BCUT2D eigenvalue weighted by Crippen LogP contribution is 2.51. The number of carbonyl (C=O) groups excluding carboxylic acids is 10. The van der Waals surface area contributed by atoms with Crippen LogP contribution in [0.4, 0.5) is 0 Å². The zero-order chi connectivity index (χ0) is 77.4. The number of hydrogen-bond acceptors (Lipinski definition) is 31. The lowest BCUT2D eigenvalue weighted by atomic mass is 9.90. The highest BCUT2D eigenvalue weighted by atomic mass is 16.9. The van der Waals surface area contributed by atoms with Crippen molar-refractivity contribution in [3.05, 3.63) is 0 Å². The Balaban J connectivity index is 0.000000142. The molecule has 0 radical (unpaired) electrons. The summed E-state index contributed by atoms with van der Waals surface area (Å²) in [4.78, 5) is 120.